The van der Waals surface area contributed by atoms with Crippen molar-refractivity contribution >= 4 is 11.9 Å². The van der Waals surface area contributed by atoms with E-state index in [1.807, 2.05) is 13.8 Å². The molecule has 27 heavy (non-hydrogen) atoms. The fourth-order valence-corrected chi connectivity index (χ4v) is 3.72. The highest BCUT2D eigenvalue weighted by Crippen LogP contribution is 2.06. The fraction of sp³-hybridized carbons (Fsp3) is 0.619. The van der Waals surface area contributed by atoms with Gasteiger partial charge in [0.2, 0.25) is 0 Å². The number of esters is 1. The molecular weight excluding hydrogens is 342 g/mol. The number of rotatable bonds is 8. The molecule has 0 bridgehead atoms. The molecule has 0 aliphatic carbocycles. The van der Waals surface area contributed by atoms with E-state index in [1.165, 1.54) is 23.1 Å². The SMILES string of the molecule is COC(=O)[C@@H](CC(C)C)NC(=O)C[NH+]1CC[NH+](Cc2cccc(C)c2)CC1. The average molecular weight is 378 g/mol. The first-order chi connectivity index (χ1) is 12.9. The molecule has 150 valence electrons. The van der Waals surface area contributed by atoms with Crippen LogP contribution in [0.3, 0.4) is 0 Å². The van der Waals surface area contributed by atoms with Crippen molar-refractivity contribution in [2.75, 3.05) is 39.8 Å². The van der Waals surface area contributed by atoms with Gasteiger partial charge in [0.15, 0.2) is 6.54 Å². The lowest BCUT2D eigenvalue weighted by molar-refractivity contribution is -1.02. The van der Waals surface area contributed by atoms with Gasteiger partial charge >= 0.3 is 5.97 Å². The normalized spacial score (nSPS) is 20.9. The van der Waals surface area contributed by atoms with Gasteiger partial charge < -0.3 is 19.9 Å². The molecule has 0 spiro atoms. The van der Waals surface area contributed by atoms with Gasteiger partial charge in [-0.1, -0.05) is 43.7 Å². The second-order valence-corrected chi connectivity index (χ2v) is 8.12. The van der Waals surface area contributed by atoms with Crippen LogP contribution < -0.4 is 15.1 Å². The Kier molecular flexibility index (Phi) is 8.25. The number of hydrogen-bond donors (Lipinski definition) is 3. The van der Waals surface area contributed by atoms with Crippen LogP contribution in [-0.2, 0) is 20.9 Å². The number of aryl methyl sites for hydroxylation is 1. The van der Waals surface area contributed by atoms with Crippen molar-refractivity contribution in [2.24, 2.45) is 5.92 Å². The average Bonchev–Trinajstić information content (AvgIpc) is 2.62. The Labute approximate surface area is 162 Å². The van der Waals surface area contributed by atoms with E-state index in [4.69, 9.17) is 4.74 Å². The van der Waals surface area contributed by atoms with Crippen molar-refractivity contribution < 1.29 is 24.1 Å². The van der Waals surface area contributed by atoms with E-state index in [2.05, 4.69) is 36.5 Å². The first-order valence-electron chi connectivity index (χ1n) is 9.97. The number of quaternary nitrogens is 2. The predicted molar refractivity (Wildman–Crippen MR) is 105 cm³/mol. The monoisotopic (exact) mass is 377 g/mol. The van der Waals surface area contributed by atoms with Gasteiger partial charge in [0, 0.05) is 5.56 Å². The zero-order valence-electron chi connectivity index (χ0n) is 17.1. The lowest BCUT2D eigenvalue weighted by Gasteiger charge is -2.29. The van der Waals surface area contributed by atoms with Crippen molar-refractivity contribution in [3.63, 3.8) is 0 Å². The first-order valence-corrected chi connectivity index (χ1v) is 9.97. The highest BCUT2D eigenvalue weighted by Gasteiger charge is 2.28. The minimum Gasteiger partial charge on any atom is -0.467 e. The summed E-state index contributed by atoms with van der Waals surface area (Å²) >= 11 is 0. The lowest BCUT2D eigenvalue weighted by Crippen LogP contribution is -3.28. The summed E-state index contributed by atoms with van der Waals surface area (Å²) in [6, 6.07) is 8.14. The summed E-state index contributed by atoms with van der Waals surface area (Å²) in [5, 5.41) is 2.86. The molecule has 1 aromatic carbocycles. The number of carbonyl (C=O) groups is 2. The molecular formula is C21H35N3O3+2. The minimum absolute atomic E-state index is 0.0665. The smallest absolute Gasteiger partial charge is 0.328 e. The van der Waals surface area contributed by atoms with E-state index in [-0.39, 0.29) is 11.9 Å². The van der Waals surface area contributed by atoms with Crippen LogP contribution in [0.25, 0.3) is 0 Å². The molecule has 3 N–H and O–H groups in total. The first kappa shape index (κ1) is 21.4. The quantitative estimate of drug-likeness (QED) is 0.509. The van der Waals surface area contributed by atoms with Gasteiger partial charge in [-0.05, 0) is 19.3 Å². The topological polar surface area (TPSA) is 64.3 Å². The molecule has 1 fully saturated rings. The molecule has 6 nitrogen and oxygen atoms in total. The Balaban J connectivity index is 1.77. The fourth-order valence-electron chi connectivity index (χ4n) is 3.72. The second kappa shape index (κ2) is 10.4. The third kappa shape index (κ3) is 7.31. The van der Waals surface area contributed by atoms with Gasteiger partial charge in [0.1, 0.15) is 38.8 Å². The van der Waals surface area contributed by atoms with Crippen LogP contribution in [0, 0.1) is 12.8 Å². The maximum Gasteiger partial charge on any atom is 0.328 e. The van der Waals surface area contributed by atoms with Crippen LogP contribution in [0.4, 0.5) is 0 Å². The molecule has 0 unspecified atom stereocenters. The summed E-state index contributed by atoms with van der Waals surface area (Å²) in [5.74, 6) is -0.113. The number of methoxy groups -OCH3 is 1. The van der Waals surface area contributed by atoms with Crippen molar-refractivity contribution in [3.05, 3.63) is 35.4 Å². The summed E-state index contributed by atoms with van der Waals surface area (Å²) in [6.07, 6.45) is 0.599. The number of benzene rings is 1. The maximum atomic E-state index is 12.4. The Morgan fingerprint density at radius 1 is 1.15 bits per heavy atom. The van der Waals surface area contributed by atoms with Gasteiger partial charge in [0.25, 0.3) is 5.91 Å². The predicted octanol–water partition coefficient (Wildman–Crippen LogP) is -1.02. The Morgan fingerprint density at radius 3 is 2.41 bits per heavy atom. The molecule has 1 saturated heterocycles. The largest absolute Gasteiger partial charge is 0.467 e. The molecule has 6 heteroatoms. The lowest BCUT2D eigenvalue weighted by atomic mass is 10.0. The molecule has 0 saturated carbocycles. The zero-order valence-corrected chi connectivity index (χ0v) is 17.1. The zero-order chi connectivity index (χ0) is 19.8. The van der Waals surface area contributed by atoms with E-state index < -0.39 is 6.04 Å². The van der Waals surface area contributed by atoms with E-state index >= 15 is 0 Å². The number of carbonyl (C=O) groups excluding carboxylic acids is 2. The van der Waals surface area contributed by atoms with Crippen LogP contribution in [0.5, 0.6) is 0 Å². The van der Waals surface area contributed by atoms with Crippen LogP contribution in [0.2, 0.25) is 0 Å². The summed E-state index contributed by atoms with van der Waals surface area (Å²) in [7, 11) is 1.36. The number of ether oxygens (including phenoxy) is 1. The van der Waals surface area contributed by atoms with Crippen LogP contribution in [0.15, 0.2) is 24.3 Å². The Morgan fingerprint density at radius 2 is 1.81 bits per heavy atom. The van der Waals surface area contributed by atoms with Crippen molar-refractivity contribution in [1.82, 2.24) is 5.32 Å². The van der Waals surface area contributed by atoms with E-state index in [0.29, 0.717) is 18.9 Å². The molecule has 1 atom stereocenters. The third-order valence-electron chi connectivity index (χ3n) is 5.14. The van der Waals surface area contributed by atoms with Crippen molar-refractivity contribution in [1.29, 1.82) is 0 Å². The third-order valence-corrected chi connectivity index (χ3v) is 5.14. The summed E-state index contributed by atoms with van der Waals surface area (Å²) < 4.78 is 4.82. The van der Waals surface area contributed by atoms with Gasteiger partial charge in [0.05, 0.1) is 7.11 Å². The number of amides is 1. The minimum atomic E-state index is -0.546. The van der Waals surface area contributed by atoms with E-state index in [0.717, 1.165) is 32.7 Å². The molecule has 0 aromatic heterocycles. The van der Waals surface area contributed by atoms with Gasteiger partial charge in [-0.15, -0.1) is 0 Å². The number of piperazine rings is 1. The van der Waals surface area contributed by atoms with E-state index in [1.54, 1.807) is 4.90 Å². The van der Waals surface area contributed by atoms with Crippen LogP contribution in [-0.4, -0.2) is 57.8 Å². The number of hydrogen-bond acceptors (Lipinski definition) is 3. The van der Waals surface area contributed by atoms with Crippen molar-refractivity contribution in [3.8, 4) is 0 Å². The summed E-state index contributed by atoms with van der Waals surface area (Å²) in [5.41, 5.74) is 2.68. The highest BCUT2D eigenvalue weighted by molar-refractivity contribution is 5.84. The van der Waals surface area contributed by atoms with Gasteiger partial charge in [-0.3, -0.25) is 4.79 Å². The van der Waals surface area contributed by atoms with Crippen LogP contribution in [0.1, 0.15) is 31.4 Å². The van der Waals surface area contributed by atoms with Crippen molar-refractivity contribution in [2.45, 2.75) is 39.8 Å². The van der Waals surface area contributed by atoms with E-state index in [9.17, 15) is 9.59 Å². The van der Waals surface area contributed by atoms with Gasteiger partial charge in [-0.25, -0.2) is 4.79 Å². The number of nitrogens with one attached hydrogen (secondary N) is 3. The molecule has 0 radical (unpaired) electrons. The molecule has 1 aromatic rings. The Hall–Kier alpha value is -1.92. The van der Waals surface area contributed by atoms with Gasteiger partial charge in [-0.2, -0.15) is 0 Å². The maximum absolute atomic E-state index is 12.4. The molecule has 1 heterocycles. The second-order valence-electron chi connectivity index (χ2n) is 8.12. The molecule has 1 amide bonds. The summed E-state index contributed by atoms with van der Waals surface area (Å²) in [6.45, 7) is 11.7. The van der Waals surface area contributed by atoms with Crippen LogP contribution >= 0.6 is 0 Å². The molecule has 2 rings (SSSR count). The molecule has 1 aliphatic rings. The molecule has 1 aliphatic heterocycles. The Bertz CT molecular complexity index is 625. The summed E-state index contributed by atoms with van der Waals surface area (Å²) in [4.78, 5) is 27.1. The highest BCUT2D eigenvalue weighted by atomic mass is 16.5. The standard InChI is InChI=1S/C21H33N3O3/c1-16(2)12-19(21(26)27-4)22-20(25)15-24-10-8-23(9-11-24)14-18-7-5-6-17(3)13-18/h5-7,13,16,19H,8-12,14-15H2,1-4H3,(H,22,25)/p+2/t19-/m1/s1.